The van der Waals surface area contributed by atoms with Gasteiger partial charge in [0, 0.05) is 24.2 Å². The number of carbonyl (C=O) groups excluding carboxylic acids is 1. The molecule has 0 radical (unpaired) electrons. The van der Waals surface area contributed by atoms with E-state index in [0.717, 1.165) is 23.7 Å². The highest BCUT2D eigenvalue weighted by Gasteiger charge is 2.31. The van der Waals surface area contributed by atoms with Crippen molar-refractivity contribution in [2.45, 2.75) is 19.8 Å². The van der Waals surface area contributed by atoms with Crippen LogP contribution in [-0.2, 0) is 13.5 Å². The fourth-order valence-corrected chi connectivity index (χ4v) is 2.49. The average Bonchev–Trinajstić information content (AvgIpc) is 2.80. The molecular weight excluding hydrogens is 226 g/mol. The van der Waals surface area contributed by atoms with E-state index in [0.29, 0.717) is 17.8 Å². The van der Waals surface area contributed by atoms with E-state index >= 15 is 0 Å². The predicted molar refractivity (Wildman–Crippen MR) is 70.1 cm³/mol. The third-order valence-corrected chi connectivity index (χ3v) is 3.45. The molecule has 0 aliphatic heterocycles. The van der Waals surface area contributed by atoms with E-state index in [9.17, 15) is 4.79 Å². The molecule has 0 aromatic carbocycles. The number of H-pyrrole nitrogens is 1. The van der Waals surface area contributed by atoms with E-state index in [-0.39, 0.29) is 5.78 Å². The van der Waals surface area contributed by atoms with E-state index in [4.69, 9.17) is 0 Å². The van der Waals surface area contributed by atoms with Crippen LogP contribution < -0.4 is 4.57 Å². The summed E-state index contributed by atoms with van der Waals surface area (Å²) in [5, 5.41) is 2.15. The Kier molecular flexibility index (Phi) is 2.51. The molecule has 4 nitrogen and oxygen atoms in total. The van der Waals surface area contributed by atoms with E-state index in [2.05, 4.69) is 21.5 Å². The molecule has 4 heteroatoms. The van der Waals surface area contributed by atoms with Gasteiger partial charge in [0.2, 0.25) is 5.78 Å². The van der Waals surface area contributed by atoms with Crippen LogP contribution in [-0.4, -0.2) is 23.0 Å². The highest BCUT2D eigenvalue weighted by Crippen LogP contribution is 2.25. The van der Waals surface area contributed by atoms with Crippen LogP contribution in [0.3, 0.4) is 0 Å². The van der Waals surface area contributed by atoms with Gasteiger partial charge in [0.25, 0.3) is 0 Å². The maximum Gasteiger partial charge on any atom is 0.224 e. The first-order chi connectivity index (χ1) is 8.72. The van der Waals surface area contributed by atoms with Gasteiger partial charge in [0.15, 0.2) is 11.9 Å². The summed E-state index contributed by atoms with van der Waals surface area (Å²) in [5.41, 5.74) is 2.53. The van der Waals surface area contributed by atoms with Crippen LogP contribution in [0, 0.1) is 0 Å². The Morgan fingerprint density at radius 3 is 3.11 bits per heavy atom. The Hall–Kier alpha value is -1.97. The topological polar surface area (TPSA) is 49.1 Å². The van der Waals surface area contributed by atoms with Crippen molar-refractivity contribution in [3.63, 3.8) is 0 Å². The highest BCUT2D eigenvalue weighted by molar-refractivity contribution is 6.49. The number of aliphatic imine (C=N–C) groups is 1. The number of nitrogens with one attached hydrogen (secondary N) is 1. The van der Waals surface area contributed by atoms with Crippen LogP contribution >= 0.6 is 0 Å². The van der Waals surface area contributed by atoms with Crippen LogP contribution in [0.4, 0.5) is 0 Å². The fourth-order valence-electron chi connectivity index (χ4n) is 2.49. The molecule has 2 heterocycles. The van der Waals surface area contributed by atoms with E-state index in [1.165, 1.54) is 5.69 Å². The SMILES string of the molecule is CCCN=C1Cc2c3c([nH]cc3cc[n+]2C)C1=O. The summed E-state index contributed by atoms with van der Waals surface area (Å²) in [7, 11) is 2.01. The molecule has 2 aromatic heterocycles. The van der Waals surface area contributed by atoms with Gasteiger partial charge >= 0.3 is 0 Å². The number of aromatic amines is 1. The first-order valence-corrected chi connectivity index (χ1v) is 6.29. The van der Waals surface area contributed by atoms with Crippen molar-refractivity contribution in [2.75, 3.05) is 6.54 Å². The van der Waals surface area contributed by atoms with Gasteiger partial charge in [-0.25, -0.2) is 4.57 Å². The minimum absolute atomic E-state index is 0.0529. The minimum atomic E-state index is 0.0529. The molecule has 0 saturated carbocycles. The lowest BCUT2D eigenvalue weighted by molar-refractivity contribution is -0.677. The molecule has 3 rings (SSSR count). The number of hydrogen-bond donors (Lipinski definition) is 1. The molecule has 92 valence electrons. The number of rotatable bonds is 2. The monoisotopic (exact) mass is 242 g/mol. The Labute approximate surface area is 105 Å². The molecule has 0 amide bonds. The zero-order valence-electron chi connectivity index (χ0n) is 10.7. The molecule has 1 N–H and O–H groups in total. The van der Waals surface area contributed by atoms with Gasteiger partial charge in [-0.05, 0) is 6.42 Å². The first-order valence-electron chi connectivity index (χ1n) is 6.29. The van der Waals surface area contributed by atoms with E-state index in [1.54, 1.807) is 0 Å². The molecule has 0 saturated heterocycles. The molecule has 0 bridgehead atoms. The van der Waals surface area contributed by atoms with Gasteiger partial charge in [0.1, 0.15) is 12.7 Å². The van der Waals surface area contributed by atoms with Crippen LogP contribution in [0.25, 0.3) is 10.8 Å². The lowest BCUT2D eigenvalue weighted by atomic mass is 9.95. The van der Waals surface area contributed by atoms with Gasteiger partial charge < -0.3 is 4.98 Å². The number of aromatic nitrogens is 2. The number of Topliss-reactive ketones (excluding diaryl/α,β-unsaturated/α-hetero) is 1. The largest absolute Gasteiger partial charge is 0.357 e. The second kappa shape index (κ2) is 4.05. The van der Waals surface area contributed by atoms with Crippen molar-refractivity contribution in [2.24, 2.45) is 12.0 Å². The van der Waals surface area contributed by atoms with Crippen LogP contribution in [0.15, 0.2) is 23.5 Å². The fraction of sp³-hybridized carbons (Fsp3) is 0.357. The molecule has 0 atom stereocenters. The summed E-state index contributed by atoms with van der Waals surface area (Å²) in [5.74, 6) is 0.0529. The second-order valence-electron chi connectivity index (χ2n) is 4.70. The van der Waals surface area contributed by atoms with Gasteiger partial charge in [0.05, 0.1) is 17.5 Å². The lowest BCUT2D eigenvalue weighted by Crippen LogP contribution is -2.38. The molecule has 0 unspecified atom stereocenters. The van der Waals surface area contributed by atoms with Crippen LogP contribution in [0.5, 0.6) is 0 Å². The summed E-state index contributed by atoms with van der Waals surface area (Å²) < 4.78 is 2.08. The Morgan fingerprint density at radius 2 is 2.33 bits per heavy atom. The van der Waals surface area contributed by atoms with E-state index in [1.807, 2.05) is 25.5 Å². The molecule has 2 aromatic rings. The third kappa shape index (κ3) is 1.49. The average molecular weight is 242 g/mol. The van der Waals surface area contributed by atoms with Crippen molar-refractivity contribution in [3.05, 3.63) is 29.8 Å². The number of aryl methyl sites for hydroxylation is 1. The summed E-state index contributed by atoms with van der Waals surface area (Å²) in [6.45, 7) is 2.79. The third-order valence-electron chi connectivity index (χ3n) is 3.45. The van der Waals surface area contributed by atoms with Gasteiger partial charge in [-0.15, -0.1) is 0 Å². The minimum Gasteiger partial charge on any atom is -0.357 e. The predicted octanol–water partition coefficient (Wildman–Crippen LogP) is 1.58. The Balaban J connectivity index is 2.22. The quantitative estimate of drug-likeness (QED) is 0.799. The molecule has 18 heavy (non-hydrogen) atoms. The Morgan fingerprint density at radius 1 is 1.50 bits per heavy atom. The normalized spacial score (nSPS) is 16.8. The molecule has 0 fully saturated rings. The smallest absolute Gasteiger partial charge is 0.224 e. The molecule has 1 aliphatic carbocycles. The van der Waals surface area contributed by atoms with Crippen molar-refractivity contribution in [1.29, 1.82) is 0 Å². The molecule has 0 spiro atoms. The van der Waals surface area contributed by atoms with Crippen LogP contribution in [0.1, 0.15) is 29.5 Å². The maximum atomic E-state index is 12.3. The second-order valence-corrected chi connectivity index (χ2v) is 4.70. The standard InChI is InChI=1S/C14H15N3O/c1-3-5-15-10-7-11-12-9(4-6-17(11)2)8-16-13(12)14(10)18/h4,6,8H,3,5,7H2,1-2H3/p+1. The number of ketones is 1. The first kappa shape index (κ1) is 11.1. The number of carbonyl (C=O) groups is 1. The zero-order chi connectivity index (χ0) is 12.7. The van der Waals surface area contributed by atoms with Gasteiger partial charge in [-0.1, -0.05) is 6.92 Å². The molecular formula is C14H16N3O+. The summed E-state index contributed by atoms with van der Waals surface area (Å²) in [6.07, 6.45) is 5.53. The molecule has 1 aliphatic rings. The number of pyridine rings is 1. The summed E-state index contributed by atoms with van der Waals surface area (Å²) in [6, 6.07) is 2.03. The highest BCUT2D eigenvalue weighted by atomic mass is 16.1. The number of hydrogen-bond acceptors (Lipinski definition) is 2. The van der Waals surface area contributed by atoms with Crippen molar-refractivity contribution in [3.8, 4) is 0 Å². The lowest BCUT2D eigenvalue weighted by Gasteiger charge is -2.11. The van der Waals surface area contributed by atoms with Crippen molar-refractivity contribution < 1.29 is 9.36 Å². The zero-order valence-corrected chi connectivity index (χ0v) is 10.7. The van der Waals surface area contributed by atoms with Gasteiger partial charge in [-0.2, -0.15) is 0 Å². The van der Waals surface area contributed by atoms with E-state index < -0.39 is 0 Å². The van der Waals surface area contributed by atoms with Gasteiger partial charge in [-0.3, -0.25) is 9.79 Å². The van der Waals surface area contributed by atoms with Crippen LogP contribution in [0.2, 0.25) is 0 Å². The Bertz CT molecular complexity index is 667. The van der Waals surface area contributed by atoms with Crippen molar-refractivity contribution >= 4 is 22.3 Å². The summed E-state index contributed by atoms with van der Waals surface area (Å²) in [4.78, 5) is 19.8. The number of nitrogens with zero attached hydrogens (tertiary/aromatic N) is 2. The maximum absolute atomic E-state index is 12.3. The van der Waals surface area contributed by atoms with Crippen molar-refractivity contribution in [1.82, 2.24) is 4.98 Å². The summed E-state index contributed by atoms with van der Waals surface area (Å²) >= 11 is 0.